The summed E-state index contributed by atoms with van der Waals surface area (Å²) >= 11 is 0. The lowest BCUT2D eigenvalue weighted by atomic mass is 9.87. The molecule has 1 aromatic rings. The minimum Gasteiger partial charge on any atom is -0.398 e. The number of allylic oxidation sites excluding steroid dienone is 2. The molecular formula is C35H63N. The van der Waals surface area contributed by atoms with E-state index in [1.807, 2.05) is 13.0 Å². The molecule has 0 aliphatic heterocycles. The maximum atomic E-state index is 5.96. The maximum Gasteiger partial charge on any atom is 0.0352 e. The summed E-state index contributed by atoms with van der Waals surface area (Å²) < 4.78 is 0. The summed E-state index contributed by atoms with van der Waals surface area (Å²) in [7, 11) is 0. The summed E-state index contributed by atoms with van der Waals surface area (Å²) in [6, 6.07) is 4.21. The van der Waals surface area contributed by atoms with Gasteiger partial charge < -0.3 is 5.73 Å². The highest BCUT2D eigenvalue weighted by atomic mass is 14.6. The molecule has 1 saturated carbocycles. The van der Waals surface area contributed by atoms with Crippen LogP contribution in [0.2, 0.25) is 0 Å². The Morgan fingerprint density at radius 3 is 1.89 bits per heavy atom. The molecule has 1 nitrogen and oxygen atoms in total. The zero-order valence-electron chi connectivity index (χ0n) is 26.1. The van der Waals surface area contributed by atoms with E-state index in [1.54, 1.807) is 0 Å². The third-order valence-corrected chi connectivity index (χ3v) is 7.62. The zero-order chi connectivity index (χ0) is 27.8. The van der Waals surface area contributed by atoms with E-state index < -0.39 is 0 Å². The highest BCUT2D eigenvalue weighted by Gasteiger charge is 2.18. The quantitative estimate of drug-likeness (QED) is 0.239. The molecule has 0 aromatic heterocycles. The number of aryl methyl sites for hydroxylation is 1. The molecule has 2 N–H and O–H groups in total. The number of hydrogen-bond acceptors (Lipinski definition) is 1. The average Bonchev–Trinajstić information content (AvgIpc) is 3.27. The van der Waals surface area contributed by atoms with Gasteiger partial charge in [-0.3, -0.25) is 0 Å². The van der Waals surface area contributed by atoms with E-state index in [1.165, 1.54) is 86.5 Å². The van der Waals surface area contributed by atoms with Crippen molar-refractivity contribution in [2.75, 3.05) is 5.73 Å². The third-order valence-electron chi connectivity index (χ3n) is 7.62. The van der Waals surface area contributed by atoms with Crippen LogP contribution in [0.25, 0.3) is 5.57 Å². The normalized spacial score (nSPS) is 14.4. The van der Waals surface area contributed by atoms with Gasteiger partial charge in [0.15, 0.2) is 0 Å². The molecule has 1 aliphatic carbocycles. The summed E-state index contributed by atoms with van der Waals surface area (Å²) in [6.07, 6.45) is 13.9. The minimum atomic E-state index is 0.466. The summed E-state index contributed by atoms with van der Waals surface area (Å²) in [5.74, 6) is 3.94. The van der Waals surface area contributed by atoms with Gasteiger partial charge in [0.25, 0.3) is 0 Å². The lowest BCUT2D eigenvalue weighted by Gasteiger charge is -2.19. The Morgan fingerprint density at radius 1 is 0.944 bits per heavy atom. The van der Waals surface area contributed by atoms with Gasteiger partial charge in [0.1, 0.15) is 0 Å². The fraction of sp³-hybridized carbons (Fsp3) is 0.714. The van der Waals surface area contributed by atoms with Crippen LogP contribution in [-0.4, -0.2) is 0 Å². The molecule has 1 aromatic carbocycles. The van der Waals surface area contributed by atoms with Crippen molar-refractivity contribution in [3.05, 3.63) is 47.6 Å². The molecule has 0 unspecified atom stereocenters. The number of nitrogens with two attached hydrogens (primary N) is 1. The minimum absolute atomic E-state index is 0.466. The molecule has 0 bridgehead atoms. The number of rotatable bonds is 11. The van der Waals surface area contributed by atoms with Crippen LogP contribution in [0.15, 0.2) is 30.9 Å². The van der Waals surface area contributed by atoms with Crippen molar-refractivity contribution < 1.29 is 0 Å². The SMILES string of the molecule is C=C(C)c1cc(C(C)C)c(N)cc1C.C=C(CC1CCCC1)[C@@H](C)CC(C)C.CCCC(C)CCC. The van der Waals surface area contributed by atoms with Crippen LogP contribution in [0.3, 0.4) is 0 Å². The van der Waals surface area contributed by atoms with Crippen LogP contribution in [0.5, 0.6) is 0 Å². The Hall–Kier alpha value is -1.50. The Balaban J connectivity index is 0.000000533. The molecule has 1 atom stereocenters. The maximum absolute atomic E-state index is 5.96. The monoisotopic (exact) mass is 497 g/mol. The van der Waals surface area contributed by atoms with Gasteiger partial charge in [-0.15, -0.1) is 0 Å². The van der Waals surface area contributed by atoms with Crippen molar-refractivity contribution in [2.45, 2.75) is 139 Å². The van der Waals surface area contributed by atoms with Crippen LogP contribution in [0.1, 0.15) is 149 Å². The summed E-state index contributed by atoms with van der Waals surface area (Å²) in [5.41, 5.74) is 13.1. The van der Waals surface area contributed by atoms with E-state index in [0.717, 1.165) is 34.9 Å². The predicted molar refractivity (Wildman–Crippen MR) is 168 cm³/mol. The van der Waals surface area contributed by atoms with Crippen molar-refractivity contribution in [1.29, 1.82) is 0 Å². The second-order valence-corrected chi connectivity index (χ2v) is 12.5. The lowest BCUT2D eigenvalue weighted by molar-refractivity contribution is 0.445. The molecule has 0 saturated heterocycles. The van der Waals surface area contributed by atoms with Crippen LogP contribution in [0, 0.1) is 30.6 Å². The van der Waals surface area contributed by atoms with Gasteiger partial charge in [0.05, 0.1) is 0 Å². The molecule has 2 rings (SSSR count). The number of nitrogen functional groups attached to an aromatic ring is 1. The third kappa shape index (κ3) is 14.3. The van der Waals surface area contributed by atoms with Gasteiger partial charge in [0, 0.05) is 5.69 Å². The second kappa shape index (κ2) is 18.7. The fourth-order valence-corrected chi connectivity index (χ4v) is 5.50. The van der Waals surface area contributed by atoms with Crippen molar-refractivity contribution in [1.82, 2.24) is 0 Å². The lowest BCUT2D eigenvalue weighted by Crippen LogP contribution is -2.06. The van der Waals surface area contributed by atoms with Crippen LogP contribution in [0.4, 0.5) is 5.69 Å². The molecule has 1 heteroatoms. The number of anilines is 1. The van der Waals surface area contributed by atoms with Crippen molar-refractivity contribution >= 4 is 11.3 Å². The first-order chi connectivity index (χ1) is 16.8. The van der Waals surface area contributed by atoms with E-state index in [0.29, 0.717) is 5.92 Å². The molecular weight excluding hydrogens is 434 g/mol. The molecule has 36 heavy (non-hydrogen) atoms. The standard InChI is InChI=1S/C14H26.C13H19N.C8H18/c1-11(2)9-12(3)13(4)10-14-7-5-6-8-14;1-8(2)11-7-12(9(3)4)13(14)6-10(11)5;1-4-6-8(3)7-5-2/h11-12,14H,4-10H2,1-3H3;6-7,9H,1,14H2,2-5H3;8H,4-7H2,1-3H3/t12-;;/m0../s1. The average molecular weight is 498 g/mol. The van der Waals surface area contributed by atoms with Crippen LogP contribution < -0.4 is 5.73 Å². The van der Waals surface area contributed by atoms with E-state index in [2.05, 4.69) is 81.5 Å². The fourth-order valence-electron chi connectivity index (χ4n) is 5.50. The zero-order valence-corrected chi connectivity index (χ0v) is 26.1. The first-order valence-electron chi connectivity index (χ1n) is 15.1. The second-order valence-electron chi connectivity index (χ2n) is 12.5. The van der Waals surface area contributed by atoms with E-state index in [9.17, 15) is 0 Å². The molecule has 1 aliphatic rings. The van der Waals surface area contributed by atoms with E-state index in [-0.39, 0.29) is 0 Å². The van der Waals surface area contributed by atoms with Crippen molar-refractivity contribution in [3.63, 3.8) is 0 Å². The molecule has 0 spiro atoms. The Labute approximate surface area is 227 Å². The Bertz CT molecular complexity index is 742. The van der Waals surface area contributed by atoms with Gasteiger partial charge in [-0.2, -0.15) is 0 Å². The van der Waals surface area contributed by atoms with Gasteiger partial charge in [-0.1, -0.05) is 131 Å². The van der Waals surface area contributed by atoms with Gasteiger partial charge in [-0.05, 0) is 85.1 Å². The van der Waals surface area contributed by atoms with Crippen LogP contribution in [-0.2, 0) is 0 Å². The first kappa shape index (κ1) is 34.5. The van der Waals surface area contributed by atoms with E-state index in [4.69, 9.17) is 5.73 Å². The molecule has 0 radical (unpaired) electrons. The molecule has 208 valence electrons. The number of hydrogen-bond donors (Lipinski definition) is 1. The summed E-state index contributed by atoms with van der Waals surface area (Å²) in [5, 5.41) is 0. The van der Waals surface area contributed by atoms with Crippen molar-refractivity contribution in [2.24, 2.45) is 23.7 Å². The largest absolute Gasteiger partial charge is 0.398 e. The molecule has 1 fully saturated rings. The summed E-state index contributed by atoms with van der Waals surface area (Å²) in [4.78, 5) is 0. The molecule has 0 heterocycles. The van der Waals surface area contributed by atoms with Gasteiger partial charge in [0.2, 0.25) is 0 Å². The summed E-state index contributed by atoms with van der Waals surface area (Å²) in [6.45, 7) is 30.5. The van der Waals surface area contributed by atoms with Crippen molar-refractivity contribution in [3.8, 4) is 0 Å². The Morgan fingerprint density at radius 2 is 1.47 bits per heavy atom. The Kier molecular flexibility index (Phi) is 17.9. The van der Waals surface area contributed by atoms with E-state index >= 15 is 0 Å². The predicted octanol–water partition coefficient (Wildman–Crippen LogP) is 11.8. The molecule has 0 amide bonds. The highest BCUT2D eigenvalue weighted by Crippen LogP contribution is 2.33. The highest BCUT2D eigenvalue weighted by molar-refractivity contribution is 5.69. The van der Waals surface area contributed by atoms with Crippen LogP contribution >= 0.6 is 0 Å². The topological polar surface area (TPSA) is 26.0 Å². The smallest absolute Gasteiger partial charge is 0.0352 e. The van der Waals surface area contributed by atoms with Gasteiger partial charge >= 0.3 is 0 Å². The first-order valence-corrected chi connectivity index (χ1v) is 15.1. The van der Waals surface area contributed by atoms with Gasteiger partial charge in [-0.25, -0.2) is 0 Å². The number of benzene rings is 1.